The van der Waals surface area contributed by atoms with E-state index in [2.05, 4.69) is 20.9 Å². The van der Waals surface area contributed by atoms with Gasteiger partial charge in [-0.1, -0.05) is 0 Å². The van der Waals surface area contributed by atoms with Gasteiger partial charge in [0.1, 0.15) is 18.2 Å². The highest BCUT2D eigenvalue weighted by molar-refractivity contribution is 9.10. The van der Waals surface area contributed by atoms with Gasteiger partial charge < -0.3 is 18.9 Å². The molecule has 208 valence electrons. The number of ether oxygens (including phenoxy) is 4. The molecule has 39 heavy (non-hydrogen) atoms. The fourth-order valence-corrected chi connectivity index (χ4v) is 4.24. The summed E-state index contributed by atoms with van der Waals surface area (Å²) >= 11 is 3.16. The molecule has 0 bridgehead atoms. The zero-order valence-electron chi connectivity index (χ0n) is 20.8. The van der Waals surface area contributed by atoms with Crippen LogP contribution in [-0.2, 0) is 27.2 Å². The van der Waals surface area contributed by atoms with Crippen molar-refractivity contribution in [3.8, 4) is 23.1 Å². The van der Waals surface area contributed by atoms with E-state index in [1.807, 2.05) is 0 Å². The lowest BCUT2D eigenvalue weighted by Crippen LogP contribution is -2.41. The summed E-state index contributed by atoms with van der Waals surface area (Å²) < 4.78 is 65.5. The maximum atomic E-state index is 14.9. The summed E-state index contributed by atoms with van der Waals surface area (Å²) in [6.45, 7) is 0.788. The van der Waals surface area contributed by atoms with Crippen LogP contribution < -0.4 is 20.7 Å². The molecule has 2 aromatic heterocycles. The van der Waals surface area contributed by atoms with E-state index in [1.54, 1.807) is 0 Å². The van der Waals surface area contributed by atoms with Crippen molar-refractivity contribution in [1.29, 1.82) is 0 Å². The minimum Gasteiger partial charge on any atom is -0.463 e. The zero-order valence-corrected chi connectivity index (χ0v) is 22.4. The number of aromatic nitrogens is 3. The Morgan fingerprint density at radius 1 is 1.26 bits per heavy atom. The molecule has 4 rings (SSSR count). The van der Waals surface area contributed by atoms with Crippen LogP contribution in [0.15, 0.2) is 50.6 Å². The van der Waals surface area contributed by atoms with Gasteiger partial charge in [-0.3, -0.25) is 9.36 Å². The quantitative estimate of drug-likeness (QED) is 0.335. The Labute approximate surface area is 228 Å². The second-order valence-electron chi connectivity index (χ2n) is 8.68. The van der Waals surface area contributed by atoms with Crippen LogP contribution >= 0.6 is 15.9 Å². The van der Waals surface area contributed by atoms with Crippen LogP contribution in [0.4, 0.5) is 13.2 Å². The Morgan fingerprint density at radius 2 is 2.03 bits per heavy atom. The number of halogens is 4. The number of carbonyl (C=O) groups is 1. The van der Waals surface area contributed by atoms with E-state index < -0.39 is 46.9 Å². The number of carbonyl (C=O) groups excluding carboxylic acids is 1. The third-order valence-electron chi connectivity index (χ3n) is 5.75. The van der Waals surface area contributed by atoms with Crippen LogP contribution in [0.25, 0.3) is 5.69 Å². The highest BCUT2D eigenvalue weighted by Gasteiger charge is 2.30. The summed E-state index contributed by atoms with van der Waals surface area (Å²) in [5.41, 5.74) is -3.70. The molecule has 1 atom stereocenters. The second-order valence-corrected chi connectivity index (χ2v) is 9.54. The van der Waals surface area contributed by atoms with Crippen LogP contribution in [-0.4, -0.2) is 46.0 Å². The van der Waals surface area contributed by atoms with Gasteiger partial charge in [0.15, 0.2) is 12.4 Å². The van der Waals surface area contributed by atoms with Crippen molar-refractivity contribution in [2.45, 2.75) is 31.8 Å². The van der Waals surface area contributed by atoms with E-state index >= 15 is 0 Å². The first-order valence-electron chi connectivity index (χ1n) is 11.7. The molecule has 1 aliphatic heterocycles. The molecule has 3 aromatic rings. The van der Waals surface area contributed by atoms with Crippen LogP contribution in [0.2, 0.25) is 0 Å². The molecule has 3 heterocycles. The van der Waals surface area contributed by atoms with Gasteiger partial charge in [0.25, 0.3) is 17.4 Å². The summed E-state index contributed by atoms with van der Waals surface area (Å²) in [7, 11) is 1.05. The lowest BCUT2D eigenvalue weighted by atomic mass is 10.2. The molecule has 0 N–H and O–H groups in total. The van der Waals surface area contributed by atoms with Crippen molar-refractivity contribution in [1.82, 2.24) is 14.1 Å². The molecule has 1 aliphatic rings. The third-order valence-corrected chi connectivity index (χ3v) is 6.37. The first-order valence-corrected chi connectivity index (χ1v) is 12.5. The lowest BCUT2D eigenvalue weighted by Gasteiger charge is -2.17. The molecule has 1 saturated heterocycles. The predicted octanol–water partition coefficient (Wildman–Crippen LogP) is 3.84. The lowest BCUT2D eigenvalue weighted by molar-refractivity contribution is -0.149. The van der Waals surface area contributed by atoms with Gasteiger partial charge in [0, 0.05) is 38.9 Å². The standard InChI is InChI=1S/C25H23BrF3N3O7/c1-25(28,29)20-11-21(33)32(24(35)31(20)2)17-10-19(15(26)9-16(17)27)39-18-6-3-7-30-23(18)38-13-22(34)37-12-14-5-4-8-36-14/h3,6-7,9-11,14H,4-5,8,12-13H2,1-2H3. The maximum Gasteiger partial charge on any atom is 0.344 e. The Kier molecular flexibility index (Phi) is 8.45. The Hall–Kier alpha value is -3.65. The SMILES string of the molecule is Cn1c(C(C)(F)F)cc(=O)n(-c2cc(Oc3cccnc3OCC(=O)OCC3CCCO3)c(Br)cc2F)c1=O. The minimum absolute atomic E-state index is 0.0175. The van der Waals surface area contributed by atoms with Crippen molar-refractivity contribution in [3.63, 3.8) is 0 Å². The van der Waals surface area contributed by atoms with Gasteiger partial charge in [-0.2, -0.15) is 0 Å². The highest BCUT2D eigenvalue weighted by atomic mass is 79.9. The van der Waals surface area contributed by atoms with E-state index in [9.17, 15) is 27.6 Å². The van der Waals surface area contributed by atoms with Gasteiger partial charge in [0.05, 0.1) is 22.0 Å². The van der Waals surface area contributed by atoms with Crippen LogP contribution in [0, 0.1) is 5.82 Å². The van der Waals surface area contributed by atoms with Crippen molar-refractivity contribution in [2.75, 3.05) is 19.8 Å². The second kappa shape index (κ2) is 11.6. The normalized spacial score (nSPS) is 15.3. The molecular weight excluding hydrogens is 591 g/mol. The van der Waals surface area contributed by atoms with E-state index in [1.165, 1.54) is 18.3 Å². The molecule has 1 fully saturated rings. The van der Waals surface area contributed by atoms with Crippen LogP contribution in [0.5, 0.6) is 17.4 Å². The number of esters is 1. The topological polar surface area (TPSA) is 111 Å². The summed E-state index contributed by atoms with van der Waals surface area (Å²) in [6, 6.07) is 5.52. The number of benzene rings is 1. The molecule has 14 heteroatoms. The summed E-state index contributed by atoms with van der Waals surface area (Å²) in [5.74, 6) is -5.27. The van der Waals surface area contributed by atoms with Crippen molar-refractivity contribution in [2.24, 2.45) is 7.05 Å². The number of rotatable bonds is 9. The number of hydrogen-bond acceptors (Lipinski definition) is 8. The van der Waals surface area contributed by atoms with E-state index in [0.717, 1.165) is 32.0 Å². The zero-order chi connectivity index (χ0) is 28.3. The fourth-order valence-electron chi connectivity index (χ4n) is 3.85. The Balaban J connectivity index is 1.59. The number of hydrogen-bond donors (Lipinski definition) is 0. The molecule has 10 nitrogen and oxygen atoms in total. The molecule has 0 radical (unpaired) electrons. The third kappa shape index (κ3) is 6.50. The van der Waals surface area contributed by atoms with E-state index in [-0.39, 0.29) is 34.6 Å². The molecule has 1 aromatic carbocycles. The maximum absolute atomic E-state index is 14.9. The summed E-state index contributed by atoms with van der Waals surface area (Å²) in [4.78, 5) is 41.5. The van der Waals surface area contributed by atoms with Gasteiger partial charge in [0.2, 0.25) is 0 Å². The van der Waals surface area contributed by atoms with Crippen molar-refractivity contribution in [3.05, 3.63) is 73.4 Å². The average molecular weight is 614 g/mol. The smallest absolute Gasteiger partial charge is 0.344 e. The Bertz CT molecular complexity index is 1500. The molecular formula is C25H23BrF3N3O7. The molecule has 0 spiro atoms. The number of alkyl halides is 2. The van der Waals surface area contributed by atoms with E-state index in [0.29, 0.717) is 28.7 Å². The van der Waals surface area contributed by atoms with Crippen molar-refractivity contribution < 1.29 is 36.9 Å². The molecule has 0 saturated carbocycles. The summed E-state index contributed by atoms with van der Waals surface area (Å²) in [6.07, 6.45) is 2.94. The van der Waals surface area contributed by atoms with Crippen molar-refractivity contribution >= 4 is 21.9 Å². The van der Waals surface area contributed by atoms with Gasteiger partial charge in [-0.25, -0.2) is 32.3 Å². The molecule has 0 amide bonds. The largest absolute Gasteiger partial charge is 0.463 e. The van der Waals surface area contributed by atoms with Crippen LogP contribution in [0.1, 0.15) is 25.5 Å². The van der Waals surface area contributed by atoms with E-state index in [4.69, 9.17) is 18.9 Å². The van der Waals surface area contributed by atoms with Gasteiger partial charge >= 0.3 is 11.7 Å². The molecule has 1 unspecified atom stereocenters. The highest BCUT2D eigenvalue weighted by Crippen LogP contribution is 2.36. The monoisotopic (exact) mass is 613 g/mol. The predicted molar refractivity (Wildman–Crippen MR) is 134 cm³/mol. The average Bonchev–Trinajstić information content (AvgIpc) is 3.40. The first kappa shape index (κ1) is 28.4. The fraction of sp³-hybridized carbons (Fsp3) is 0.360. The van der Waals surface area contributed by atoms with Gasteiger partial charge in [-0.05, 0) is 47.0 Å². The molecule has 0 aliphatic carbocycles. The van der Waals surface area contributed by atoms with Crippen LogP contribution in [0.3, 0.4) is 0 Å². The Morgan fingerprint density at radius 3 is 2.72 bits per heavy atom. The minimum atomic E-state index is -3.48. The first-order chi connectivity index (χ1) is 18.5. The number of pyridine rings is 1. The number of nitrogens with zero attached hydrogens (tertiary/aromatic N) is 3. The summed E-state index contributed by atoms with van der Waals surface area (Å²) in [5, 5.41) is 0. The van der Waals surface area contributed by atoms with Gasteiger partial charge in [-0.15, -0.1) is 0 Å².